The number of aliphatic hydroxyl groups is 3. The zero-order chi connectivity index (χ0) is 19.4. The minimum atomic E-state index is -0.500. The van der Waals surface area contributed by atoms with Crippen molar-refractivity contribution >= 4 is 0 Å². The van der Waals surface area contributed by atoms with Crippen molar-refractivity contribution in [1.29, 1.82) is 0 Å². The molecule has 0 heterocycles. The van der Waals surface area contributed by atoms with Crippen LogP contribution in [0.1, 0.15) is 83.1 Å². The zero-order valence-corrected chi connectivity index (χ0v) is 19.6. The molecule has 5 heteroatoms. The van der Waals surface area contributed by atoms with Crippen molar-refractivity contribution in [1.82, 2.24) is 0 Å². The Bertz CT molecular complexity index is 234. The quantitative estimate of drug-likeness (QED) is 0.485. The molecule has 22 heavy (non-hydrogen) atoms. The van der Waals surface area contributed by atoms with E-state index < -0.39 is 16.8 Å². The van der Waals surface area contributed by atoms with Crippen LogP contribution in [0.4, 0.5) is 0 Å². The summed E-state index contributed by atoms with van der Waals surface area (Å²) in [5.74, 6) is 0. The Morgan fingerprint density at radius 2 is 0.727 bits per heavy atom. The maximum absolute atomic E-state index is 8.52. The molecule has 0 aliphatic rings. The van der Waals surface area contributed by atoms with Crippen molar-refractivity contribution in [2.45, 2.75) is 105 Å². The molecule has 0 aromatic carbocycles. The van der Waals surface area contributed by atoms with Gasteiger partial charge in [0.2, 0.25) is 0 Å². The summed E-state index contributed by atoms with van der Waals surface area (Å²) in [6.07, 6.45) is 0. The summed E-state index contributed by atoms with van der Waals surface area (Å²) in [6.45, 7) is 21.7. The number of rotatable bonds is 0. The number of ether oxygens (including phenoxy) is 1. The van der Waals surface area contributed by atoms with Gasteiger partial charge >= 0.3 is 54.7 Å². The fourth-order valence-corrected chi connectivity index (χ4v) is 1.02. The molecule has 0 aliphatic heterocycles. The van der Waals surface area contributed by atoms with Gasteiger partial charge in [-0.25, -0.2) is 0 Å². The molecule has 0 spiro atoms. The van der Waals surface area contributed by atoms with Crippen LogP contribution in [0.5, 0.6) is 0 Å². The Hall–Kier alpha value is 0.308. The predicted molar refractivity (Wildman–Crippen MR) is 90.6 cm³/mol. The molecule has 3 N–H and O–H groups in total. The van der Waals surface area contributed by atoms with Gasteiger partial charge in [-0.05, 0) is 62.3 Å². The third-order valence-electron chi connectivity index (χ3n) is 0.348. The van der Waals surface area contributed by atoms with E-state index in [-0.39, 0.29) is 5.60 Å². The van der Waals surface area contributed by atoms with Gasteiger partial charge in [0.1, 0.15) is 0 Å². The Balaban J connectivity index is -0.0000000995. The van der Waals surface area contributed by atoms with Crippen LogP contribution in [0.15, 0.2) is 0 Å². The van der Waals surface area contributed by atoms with Crippen LogP contribution in [0.25, 0.3) is 0 Å². The first kappa shape index (κ1) is 30.2. The number of hydrogen-bond donors (Lipinski definition) is 3. The van der Waals surface area contributed by atoms with Gasteiger partial charge in [-0.3, -0.25) is 0 Å². The molecule has 0 saturated carbocycles. The van der Waals surface area contributed by atoms with Crippen LogP contribution in [0.2, 0.25) is 0 Å². The van der Waals surface area contributed by atoms with Gasteiger partial charge in [0.25, 0.3) is 0 Å². The van der Waals surface area contributed by atoms with Crippen LogP contribution < -0.4 is 0 Å². The van der Waals surface area contributed by atoms with E-state index in [1.165, 1.54) is 19.2 Å². The van der Waals surface area contributed by atoms with Gasteiger partial charge in [0.15, 0.2) is 0 Å². The van der Waals surface area contributed by atoms with E-state index in [4.69, 9.17) is 20.1 Å². The Morgan fingerprint density at radius 3 is 0.727 bits per heavy atom. The van der Waals surface area contributed by atoms with Gasteiger partial charge < -0.3 is 15.3 Å². The van der Waals surface area contributed by atoms with E-state index in [9.17, 15) is 0 Å². The molecule has 0 atom stereocenters. The average molecular weight is 491 g/mol. The third-order valence-corrected chi connectivity index (χ3v) is 0.647. The van der Waals surface area contributed by atoms with Gasteiger partial charge in [0, 0.05) is 0 Å². The molecular weight excluding hydrogens is 452 g/mol. The molecule has 0 fully saturated rings. The van der Waals surface area contributed by atoms with Gasteiger partial charge in [-0.2, -0.15) is 0 Å². The molecule has 0 aromatic rings. The summed E-state index contributed by atoms with van der Waals surface area (Å²) in [6, 6.07) is 0. The van der Waals surface area contributed by atoms with E-state index in [1.54, 1.807) is 62.3 Å². The summed E-state index contributed by atoms with van der Waals surface area (Å²) in [7, 11) is 0. The molecule has 0 rings (SSSR count). The van der Waals surface area contributed by atoms with E-state index in [0.717, 1.165) is 0 Å². The molecule has 0 saturated heterocycles. The first-order valence-corrected chi connectivity index (χ1v) is 8.75. The second kappa shape index (κ2) is 12.7. The van der Waals surface area contributed by atoms with Gasteiger partial charge in [0.05, 0.1) is 16.8 Å². The second-order valence-electron chi connectivity index (χ2n) is 8.81. The van der Waals surface area contributed by atoms with Crippen molar-refractivity contribution in [3.05, 3.63) is 0 Å². The van der Waals surface area contributed by atoms with E-state index in [0.29, 0.717) is 0 Å². The van der Waals surface area contributed by atoms with E-state index in [2.05, 4.69) is 4.39 Å². The van der Waals surface area contributed by atoms with Crippen LogP contribution in [-0.4, -0.2) is 37.7 Å². The molecule has 0 aromatic heterocycles. The number of hydrogen-bond acceptors (Lipinski definition) is 4. The predicted octanol–water partition coefficient (Wildman–Crippen LogP) is 3.60. The van der Waals surface area contributed by atoms with Crippen molar-refractivity contribution in [2.75, 3.05) is 0 Å². The van der Waals surface area contributed by atoms with E-state index in [1.807, 2.05) is 20.8 Å². The molecule has 0 amide bonds. The summed E-state index contributed by atoms with van der Waals surface area (Å²) in [5.41, 5.74) is -1.54. The first-order valence-electron chi connectivity index (χ1n) is 7.28. The van der Waals surface area contributed by atoms with E-state index >= 15 is 0 Å². The van der Waals surface area contributed by atoms with Crippen LogP contribution in [0, 0.1) is 4.39 Å². The molecule has 137 valence electrons. The molecule has 0 aliphatic carbocycles. The summed E-state index contributed by atoms with van der Waals surface area (Å²) >= 11 is 1.24. The Kier molecular flexibility index (Phi) is 17.4. The van der Waals surface area contributed by atoms with Crippen molar-refractivity contribution < 1.29 is 39.2 Å². The monoisotopic (exact) mass is 491 g/mol. The molecule has 0 unspecified atom stereocenters. The third kappa shape index (κ3) is 408. The van der Waals surface area contributed by atoms with Gasteiger partial charge in [-0.15, -0.1) is 0 Å². The van der Waals surface area contributed by atoms with Crippen molar-refractivity contribution in [3.8, 4) is 4.39 Å². The maximum atomic E-state index is 8.52. The standard InChI is InChI=1S/C5H9O.3C4H10O.W/c1-5(2,3)6-4;3*1-4(2,3)5;/h1-3H3;3*5H,1-3H3;. The van der Waals surface area contributed by atoms with Crippen LogP contribution in [0.3, 0.4) is 0 Å². The average Bonchev–Trinajstić information content (AvgIpc) is 1.88. The molecule has 0 bridgehead atoms. The summed E-state index contributed by atoms with van der Waals surface area (Å²) in [5, 5.41) is 25.6. The molecular formula is C17H39O4W. The minimum absolute atomic E-state index is 0.0399. The Labute approximate surface area is 149 Å². The van der Waals surface area contributed by atoms with Crippen molar-refractivity contribution in [3.63, 3.8) is 0 Å². The zero-order valence-electron chi connectivity index (χ0n) is 16.7. The topological polar surface area (TPSA) is 69.9 Å². The van der Waals surface area contributed by atoms with Gasteiger partial charge in [-0.1, -0.05) is 0 Å². The SMILES string of the molecule is CC(C)(C)O.CC(C)(C)O.CC(C)(C)O.CC(C)(C)O[C]#[W]. The molecule has 0 radical (unpaired) electrons. The fourth-order valence-electron chi connectivity index (χ4n) is 0.125. The van der Waals surface area contributed by atoms with Crippen molar-refractivity contribution in [2.24, 2.45) is 0 Å². The summed E-state index contributed by atoms with van der Waals surface area (Å²) in [4.78, 5) is 0. The van der Waals surface area contributed by atoms with Crippen LogP contribution in [-0.2, 0) is 23.9 Å². The fraction of sp³-hybridized carbons (Fsp3) is 0.941. The summed E-state index contributed by atoms with van der Waals surface area (Å²) < 4.78 is 7.71. The van der Waals surface area contributed by atoms with Crippen LogP contribution >= 0.6 is 0 Å². The first-order chi connectivity index (χ1) is 9.06. The second-order valence-corrected chi connectivity index (χ2v) is 9.41. The Morgan fingerprint density at radius 1 is 0.591 bits per heavy atom. The normalized spacial score (nSPS) is 11.5. The molecule has 4 nitrogen and oxygen atoms in total.